The van der Waals surface area contributed by atoms with E-state index in [1.807, 2.05) is 55.5 Å². The summed E-state index contributed by atoms with van der Waals surface area (Å²) in [5, 5.41) is 12.0. The van der Waals surface area contributed by atoms with Crippen molar-refractivity contribution >= 4 is 40.8 Å². The molecule has 1 saturated heterocycles. The Kier molecular flexibility index (Phi) is 11.2. The van der Waals surface area contributed by atoms with Crippen LogP contribution in [0.1, 0.15) is 47.2 Å². The number of carbonyl (C=O) groups is 1. The number of allylic oxidation sites excluding steroid dienone is 3. The van der Waals surface area contributed by atoms with Crippen molar-refractivity contribution in [3.8, 4) is 5.88 Å². The smallest absolute Gasteiger partial charge is 0.255 e. The molecule has 258 valence electrons. The quantitative estimate of drug-likeness (QED) is 0.157. The number of nitrogens with zero attached hydrogens (tertiary/aromatic N) is 4. The van der Waals surface area contributed by atoms with E-state index in [4.69, 9.17) is 36.5 Å². The first kappa shape index (κ1) is 34.8. The minimum Gasteiger partial charge on any atom is -0.473 e. The molecule has 4 aromatic rings. The zero-order chi connectivity index (χ0) is 35.0. The van der Waals surface area contributed by atoms with Crippen molar-refractivity contribution < 1.29 is 18.7 Å². The van der Waals surface area contributed by atoms with Crippen LogP contribution in [0.5, 0.6) is 5.88 Å². The molecule has 2 aromatic carbocycles. The second-order valence-corrected chi connectivity index (χ2v) is 12.4. The van der Waals surface area contributed by atoms with Crippen LogP contribution in [-0.4, -0.2) is 57.9 Å². The largest absolute Gasteiger partial charge is 0.473 e. The third-order valence-electron chi connectivity index (χ3n) is 8.76. The van der Waals surface area contributed by atoms with Gasteiger partial charge in [0.1, 0.15) is 18.2 Å². The van der Waals surface area contributed by atoms with Crippen molar-refractivity contribution in [3.05, 3.63) is 130 Å². The van der Waals surface area contributed by atoms with Gasteiger partial charge in [-0.15, -0.1) is 0 Å². The highest BCUT2D eigenvalue weighted by atomic mass is 35.5. The van der Waals surface area contributed by atoms with E-state index in [1.165, 1.54) is 6.07 Å². The Balaban J connectivity index is 0.00000212. The van der Waals surface area contributed by atoms with Gasteiger partial charge in [-0.05, 0) is 80.6 Å². The average Bonchev–Trinajstić information content (AvgIpc) is 3.46. The number of halogens is 2. The molecule has 3 N–H and O–H groups in total. The van der Waals surface area contributed by atoms with Crippen LogP contribution in [0.15, 0.2) is 96.5 Å². The van der Waals surface area contributed by atoms with Gasteiger partial charge in [0.05, 0.1) is 35.9 Å². The molecule has 1 atom stereocenters. The van der Waals surface area contributed by atoms with E-state index < -0.39 is 5.82 Å². The number of amides is 1. The SMILES string of the molecule is C/C=C1/C=C(NC(=O)c2ccc3c(c2)nc(CN2CC=C(c4cccc(OCc5ccc(Cl)cc5F)n4)CC2)n3CC2CCO2)C=CN1.C=N. The predicted octanol–water partition coefficient (Wildman–Crippen LogP) is 6.78. The number of imidazole rings is 1. The van der Waals surface area contributed by atoms with Crippen LogP contribution in [0.3, 0.4) is 0 Å². The van der Waals surface area contributed by atoms with Crippen molar-refractivity contribution in [2.24, 2.45) is 0 Å². The maximum atomic E-state index is 14.2. The summed E-state index contributed by atoms with van der Waals surface area (Å²) >= 11 is 5.87. The van der Waals surface area contributed by atoms with E-state index in [-0.39, 0.29) is 18.6 Å². The van der Waals surface area contributed by atoms with Gasteiger partial charge in [-0.1, -0.05) is 35.9 Å². The lowest BCUT2D eigenvalue weighted by molar-refractivity contribution is -0.0591. The van der Waals surface area contributed by atoms with E-state index in [2.05, 4.69) is 32.9 Å². The molecule has 3 aliphatic heterocycles. The highest BCUT2D eigenvalue weighted by molar-refractivity contribution is 6.30. The number of hydrogen-bond donors (Lipinski definition) is 3. The number of fused-ring (bicyclic) bond motifs is 1. The lowest BCUT2D eigenvalue weighted by Gasteiger charge is -2.29. The van der Waals surface area contributed by atoms with Crippen LogP contribution in [0.2, 0.25) is 5.02 Å². The first-order valence-corrected chi connectivity index (χ1v) is 16.8. The molecule has 0 aliphatic carbocycles. The summed E-state index contributed by atoms with van der Waals surface area (Å²) in [5.41, 5.74) is 6.38. The fraction of sp³-hybridized carbons (Fsp3) is 0.263. The third-order valence-corrected chi connectivity index (χ3v) is 9.00. The number of nitrogens with one attached hydrogen (secondary N) is 3. The van der Waals surface area contributed by atoms with Gasteiger partial charge >= 0.3 is 0 Å². The Morgan fingerprint density at radius 2 is 2.08 bits per heavy atom. The summed E-state index contributed by atoms with van der Waals surface area (Å²) < 4.78 is 28.0. The Morgan fingerprint density at radius 3 is 2.82 bits per heavy atom. The molecule has 0 saturated carbocycles. The molecule has 50 heavy (non-hydrogen) atoms. The van der Waals surface area contributed by atoms with Gasteiger partial charge in [0.25, 0.3) is 5.91 Å². The summed E-state index contributed by atoms with van der Waals surface area (Å²) in [5.74, 6) is 0.800. The van der Waals surface area contributed by atoms with Gasteiger partial charge in [-0.25, -0.2) is 14.4 Å². The first-order valence-electron chi connectivity index (χ1n) is 16.5. The van der Waals surface area contributed by atoms with E-state index >= 15 is 0 Å². The number of aromatic nitrogens is 3. The first-order chi connectivity index (χ1) is 24.4. The molecule has 5 heterocycles. The highest BCUT2D eigenvalue weighted by Crippen LogP contribution is 2.27. The molecule has 1 unspecified atom stereocenters. The van der Waals surface area contributed by atoms with Gasteiger partial charge in [0, 0.05) is 59.5 Å². The van der Waals surface area contributed by atoms with Gasteiger partial charge in [-0.3, -0.25) is 9.69 Å². The van der Waals surface area contributed by atoms with Crippen LogP contribution >= 0.6 is 11.6 Å². The molecule has 10 nitrogen and oxygen atoms in total. The number of rotatable bonds is 10. The Labute approximate surface area is 295 Å². The molecular formula is C38H39ClFN7O3. The van der Waals surface area contributed by atoms with E-state index in [9.17, 15) is 9.18 Å². The Hall–Kier alpha value is -5.10. The fourth-order valence-electron chi connectivity index (χ4n) is 5.96. The van der Waals surface area contributed by atoms with Gasteiger partial charge in [0.15, 0.2) is 0 Å². The van der Waals surface area contributed by atoms with Crippen molar-refractivity contribution in [3.63, 3.8) is 0 Å². The maximum Gasteiger partial charge on any atom is 0.255 e. The number of carbonyl (C=O) groups excluding carboxylic acids is 1. The highest BCUT2D eigenvalue weighted by Gasteiger charge is 2.24. The van der Waals surface area contributed by atoms with Gasteiger partial charge < -0.3 is 30.1 Å². The normalized spacial score (nSPS) is 18.0. The lowest BCUT2D eigenvalue weighted by atomic mass is 10.0. The summed E-state index contributed by atoms with van der Waals surface area (Å²) in [7, 11) is 0. The van der Waals surface area contributed by atoms with Crippen LogP contribution in [0.4, 0.5) is 4.39 Å². The predicted molar refractivity (Wildman–Crippen MR) is 193 cm³/mol. The lowest BCUT2D eigenvalue weighted by Crippen LogP contribution is -2.33. The number of dihydropyridines is 1. The Bertz CT molecular complexity index is 2000. The maximum absolute atomic E-state index is 14.2. The zero-order valence-electron chi connectivity index (χ0n) is 27.8. The third kappa shape index (κ3) is 8.19. The molecule has 0 bridgehead atoms. The minimum atomic E-state index is -0.403. The molecule has 3 aliphatic rings. The van der Waals surface area contributed by atoms with E-state index in [0.717, 1.165) is 78.6 Å². The van der Waals surface area contributed by atoms with Gasteiger partial charge in [-0.2, -0.15) is 0 Å². The summed E-state index contributed by atoms with van der Waals surface area (Å²) in [6.45, 7) is 8.23. The monoisotopic (exact) mass is 695 g/mol. The minimum absolute atomic E-state index is 0.0654. The fourth-order valence-corrected chi connectivity index (χ4v) is 6.12. The number of ether oxygens (including phenoxy) is 2. The molecule has 2 aromatic heterocycles. The molecule has 1 amide bonds. The summed E-state index contributed by atoms with van der Waals surface area (Å²) in [6, 6.07) is 15.9. The van der Waals surface area contributed by atoms with E-state index in [0.29, 0.717) is 28.6 Å². The molecule has 7 rings (SSSR count). The van der Waals surface area contributed by atoms with Crippen molar-refractivity contribution in [2.45, 2.75) is 45.6 Å². The van der Waals surface area contributed by atoms with Crippen molar-refractivity contribution in [1.29, 1.82) is 5.41 Å². The number of benzene rings is 2. The Morgan fingerprint density at radius 1 is 1.22 bits per heavy atom. The molecular weight excluding hydrogens is 657 g/mol. The summed E-state index contributed by atoms with van der Waals surface area (Å²) in [4.78, 5) is 25.2. The molecule has 0 radical (unpaired) electrons. The average molecular weight is 696 g/mol. The molecule has 12 heteroatoms. The molecule has 1 fully saturated rings. The van der Waals surface area contributed by atoms with Crippen molar-refractivity contribution in [1.82, 2.24) is 30.1 Å². The number of pyridine rings is 1. The topological polar surface area (TPSA) is 117 Å². The summed E-state index contributed by atoms with van der Waals surface area (Å²) in [6.07, 6.45) is 11.7. The van der Waals surface area contributed by atoms with Crippen LogP contribution < -0.4 is 15.4 Å². The second kappa shape index (κ2) is 16.1. The second-order valence-electron chi connectivity index (χ2n) is 12.0. The van der Waals surface area contributed by atoms with Crippen LogP contribution in [-0.2, 0) is 24.4 Å². The van der Waals surface area contributed by atoms with Gasteiger partial charge in [0.2, 0.25) is 5.88 Å². The number of hydrogen-bond acceptors (Lipinski definition) is 8. The van der Waals surface area contributed by atoms with Crippen molar-refractivity contribution in [2.75, 3.05) is 19.7 Å². The van der Waals surface area contributed by atoms with Crippen LogP contribution in [0, 0.1) is 11.2 Å². The molecule has 0 spiro atoms. The zero-order valence-corrected chi connectivity index (χ0v) is 28.5. The van der Waals surface area contributed by atoms with E-state index in [1.54, 1.807) is 24.4 Å². The van der Waals surface area contributed by atoms with Crippen LogP contribution in [0.25, 0.3) is 16.6 Å². The standard InChI is InChI=1S/C37H36ClFN6O3.CH3N/c1-2-28-20-29(10-14-40-28)41-37(46)25-7-9-34-33(18-25)42-35(45(34)21-30-13-17-47-30)22-44-15-11-24(12-16-44)32-4-3-5-36(43-32)48-23-26-6-8-27(38)19-31(26)39;1-2/h2-11,14,18-20,30,40H,12-13,15-17,21-23H2,1H3,(H,41,46);2H,1H2/b28-2-;.